The van der Waals surface area contributed by atoms with Crippen molar-refractivity contribution in [3.8, 4) is 0 Å². The molecule has 1 saturated heterocycles. The number of H-pyrrole nitrogens is 1. The van der Waals surface area contributed by atoms with Crippen LogP contribution in [0.3, 0.4) is 0 Å². The summed E-state index contributed by atoms with van der Waals surface area (Å²) in [5.74, 6) is 1.04. The van der Waals surface area contributed by atoms with E-state index >= 15 is 0 Å². The average molecular weight is 246 g/mol. The molecule has 0 spiro atoms. The summed E-state index contributed by atoms with van der Waals surface area (Å²) in [4.78, 5) is 6.83. The predicted molar refractivity (Wildman–Crippen MR) is 70.9 cm³/mol. The molecule has 1 aliphatic rings. The van der Waals surface area contributed by atoms with Gasteiger partial charge in [-0.25, -0.2) is 4.98 Å². The van der Waals surface area contributed by atoms with E-state index in [4.69, 9.17) is 4.74 Å². The summed E-state index contributed by atoms with van der Waals surface area (Å²) in [5.41, 5.74) is 2.03. The summed E-state index contributed by atoms with van der Waals surface area (Å²) < 4.78 is 5.39. The van der Waals surface area contributed by atoms with Crippen molar-refractivity contribution in [1.82, 2.24) is 15.2 Å². The highest BCUT2D eigenvalue weighted by atomic mass is 16.5. The maximum atomic E-state index is 5.39. The summed E-state index contributed by atoms with van der Waals surface area (Å²) in [7, 11) is 1.79. The first-order valence-corrected chi connectivity index (χ1v) is 6.36. The van der Waals surface area contributed by atoms with Gasteiger partial charge in [-0.05, 0) is 25.8 Å². The minimum Gasteiger partial charge on any atom is -0.381 e. The first-order chi connectivity index (χ1) is 8.78. The third-order valence-corrected chi connectivity index (χ3v) is 3.72. The van der Waals surface area contributed by atoms with Crippen LogP contribution in [-0.4, -0.2) is 41.5 Å². The van der Waals surface area contributed by atoms with E-state index in [0.717, 1.165) is 48.3 Å². The molecule has 0 atom stereocenters. The highest BCUT2D eigenvalue weighted by Gasteiger charge is 2.20. The average Bonchev–Trinajstić information content (AvgIpc) is 2.80. The fraction of sp³-hybridized carbons (Fsp3) is 0.538. The van der Waals surface area contributed by atoms with Gasteiger partial charge in [0.25, 0.3) is 0 Å². The van der Waals surface area contributed by atoms with Gasteiger partial charge in [-0.2, -0.15) is 5.10 Å². The maximum absolute atomic E-state index is 5.39. The Morgan fingerprint density at radius 3 is 2.89 bits per heavy atom. The van der Waals surface area contributed by atoms with Crippen LogP contribution in [0.15, 0.2) is 12.3 Å². The van der Waals surface area contributed by atoms with E-state index < -0.39 is 0 Å². The Bertz CT molecular complexity index is 543. The summed E-state index contributed by atoms with van der Waals surface area (Å²) in [6.07, 6.45) is 4.41. The van der Waals surface area contributed by atoms with Crippen LogP contribution in [0.4, 0.5) is 5.82 Å². The summed E-state index contributed by atoms with van der Waals surface area (Å²) in [5, 5.41) is 8.35. The quantitative estimate of drug-likeness (QED) is 0.879. The molecule has 2 aromatic rings. The number of hydrogen-bond donors (Lipinski definition) is 1. The van der Waals surface area contributed by atoms with Gasteiger partial charge in [0.1, 0.15) is 5.82 Å². The second-order valence-corrected chi connectivity index (χ2v) is 4.82. The van der Waals surface area contributed by atoms with Crippen molar-refractivity contribution in [2.75, 3.05) is 25.1 Å². The fourth-order valence-electron chi connectivity index (χ4n) is 2.53. The van der Waals surface area contributed by atoms with Gasteiger partial charge in [-0.15, -0.1) is 0 Å². The van der Waals surface area contributed by atoms with E-state index in [0.29, 0.717) is 6.10 Å². The number of nitrogens with one attached hydrogen (secondary N) is 1. The molecule has 0 bridgehead atoms. The lowest BCUT2D eigenvalue weighted by molar-refractivity contribution is 0.0818. The number of nitrogens with zero attached hydrogens (tertiary/aromatic N) is 3. The second kappa shape index (κ2) is 4.57. The van der Waals surface area contributed by atoms with Crippen LogP contribution in [0.2, 0.25) is 0 Å². The Balaban J connectivity index is 1.84. The minimum atomic E-state index is 0.403. The van der Waals surface area contributed by atoms with Crippen LogP contribution in [-0.2, 0) is 4.74 Å². The molecule has 3 rings (SSSR count). The molecule has 1 aliphatic heterocycles. The van der Waals surface area contributed by atoms with E-state index in [9.17, 15) is 0 Å². The van der Waals surface area contributed by atoms with Crippen LogP contribution >= 0.6 is 0 Å². The molecule has 0 aliphatic carbocycles. The second-order valence-electron chi connectivity index (χ2n) is 4.82. The lowest BCUT2D eigenvalue weighted by Gasteiger charge is -2.32. The first-order valence-electron chi connectivity index (χ1n) is 6.36. The number of piperidine rings is 1. The van der Waals surface area contributed by atoms with Crippen molar-refractivity contribution in [2.24, 2.45) is 0 Å². The Hall–Kier alpha value is -1.62. The van der Waals surface area contributed by atoms with Crippen molar-refractivity contribution in [3.63, 3.8) is 0 Å². The number of fused-ring (bicyclic) bond motifs is 1. The Morgan fingerprint density at radius 1 is 1.39 bits per heavy atom. The highest BCUT2D eigenvalue weighted by molar-refractivity contribution is 5.82. The third kappa shape index (κ3) is 1.95. The number of pyridine rings is 1. The zero-order valence-corrected chi connectivity index (χ0v) is 10.8. The van der Waals surface area contributed by atoms with E-state index in [2.05, 4.69) is 26.1 Å². The van der Waals surface area contributed by atoms with Gasteiger partial charge in [0.05, 0.1) is 23.5 Å². The van der Waals surface area contributed by atoms with E-state index in [1.807, 2.05) is 13.1 Å². The lowest BCUT2D eigenvalue weighted by atomic mass is 10.1. The molecule has 1 N–H and O–H groups in total. The predicted octanol–water partition coefficient (Wildman–Crippen LogP) is 1.88. The van der Waals surface area contributed by atoms with Gasteiger partial charge in [-0.1, -0.05) is 0 Å². The maximum Gasteiger partial charge on any atom is 0.129 e. The molecule has 0 radical (unpaired) electrons. The van der Waals surface area contributed by atoms with Crippen LogP contribution in [0, 0.1) is 6.92 Å². The largest absolute Gasteiger partial charge is 0.381 e. The molecule has 1 fully saturated rings. The summed E-state index contributed by atoms with van der Waals surface area (Å²) in [6.45, 7) is 4.03. The van der Waals surface area contributed by atoms with Crippen LogP contribution in [0.1, 0.15) is 18.5 Å². The van der Waals surface area contributed by atoms with Crippen molar-refractivity contribution >= 4 is 16.7 Å². The van der Waals surface area contributed by atoms with Crippen LogP contribution in [0.25, 0.3) is 10.9 Å². The zero-order chi connectivity index (χ0) is 12.5. The number of aromatic amines is 1. The summed E-state index contributed by atoms with van der Waals surface area (Å²) >= 11 is 0. The van der Waals surface area contributed by atoms with Crippen molar-refractivity contribution in [3.05, 3.63) is 18.0 Å². The van der Waals surface area contributed by atoms with Gasteiger partial charge >= 0.3 is 0 Å². The number of anilines is 1. The van der Waals surface area contributed by atoms with E-state index in [-0.39, 0.29) is 0 Å². The van der Waals surface area contributed by atoms with Gasteiger partial charge in [0, 0.05) is 25.6 Å². The number of methoxy groups -OCH3 is 1. The molecule has 3 heterocycles. The zero-order valence-electron chi connectivity index (χ0n) is 10.8. The molecular weight excluding hydrogens is 228 g/mol. The van der Waals surface area contributed by atoms with Gasteiger partial charge in [0.15, 0.2) is 0 Å². The lowest BCUT2D eigenvalue weighted by Crippen LogP contribution is -2.37. The topological polar surface area (TPSA) is 54.0 Å². The van der Waals surface area contributed by atoms with E-state index in [1.165, 1.54) is 0 Å². The SMILES string of the molecule is COC1CCN(c2cc3c(C)n[nH]c3cn2)CC1. The molecule has 0 unspecified atom stereocenters. The number of hydrogen-bond acceptors (Lipinski definition) is 4. The number of ether oxygens (including phenoxy) is 1. The minimum absolute atomic E-state index is 0.403. The van der Waals surface area contributed by atoms with Gasteiger partial charge < -0.3 is 9.64 Å². The van der Waals surface area contributed by atoms with Crippen LogP contribution in [0.5, 0.6) is 0 Å². The van der Waals surface area contributed by atoms with Crippen molar-refractivity contribution < 1.29 is 4.74 Å². The fourth-order valence-corrected chi connectivity index (χ4v) is 2.53. The number of rotatable bonds is 2. The molecule has 0 aromatic carbocycles. The Kier molecular flexibility index (Phi) is 2.91. The van der Waals surface area contributed by atoms with Crippen molar-refractivity contribution in [2.45, 2.75) is 25.9 Å². The van der Waals surface area contributed by atoms with E-state index in [1.54, 1.807) is 7.11 Å². The molecule has 5 heteroatoms. The smallest absolute Gasteiger partial charge is 0.129 e. The van der Waals surface area contributed by atoms with Gasteiger partial charge in [0.2, 0.25) is 0 Å². The standard InChI is InChI=1S/C13H18N4O/c1-9-11-7-13(14-8-12(11)16-15-9)17-5-3-10(18-2)4-6-17/h7-8,10H,3-6H2,1-2H3,(H,15,16). The molecule has 96 valence electrons. The molecule has 0 saturated carbocycles. The van der Waals surface area contributed by atoms with Crippen molar-refractivity contribution in [1.29, 1.82) is 0 Å². The third-order valence-electron chi connectivity index (χ3n) is 3.72. The first kappa shape index (κ1) is 11.5. The number of aryl methyl sites for hydroxylation is 1. The number of aromatic nitrogens is 3. The molecule has 5 nitrogen and oxygen atoms in total. The Labute approximate surface area is 106 Å². The summed E-state index contributed by atoms with van der Waals surface area (Å²) in [6, 6.07) is 2.13. The normalized spacial score (nSPS) is 17.6. The van der Waals surface area contributed by atoms with Gasteiger partial charge in [-0.3, -0.25) is 5.10 Å². The molecular formula is C13H18N4O. The monoisotopic (exact) mass is 246 g/mol. The molecule has 2 aromatic heterocycles. The molecule has 18 heavy (non-hydrogen) atoms. The van der Waals surface area contributed by atoms with Crippen LogP contribution < -0.4 is 4.90 Å². The highest BCUT2D eigenvalue weighted by Crippen LogP contribution is 2.23. The molecule has 0 amide bonds. The Morgan fingerprint density at radius 2 is 2.17 bits per heavy atom.